The van der Waals surface area contributed by atoms with E-state index in [1.165, 1.54) is 16.3 Å². The zero-order valence-electron chi connectivity index (χ0n) is 17.7. The van der Waals surface area contributed by atoms with Crippen molar-refractivity contribution in [1.82, 2.24) is 5.32 Å². The lowest BCUT2D eigenvalue weighted by atomic mass is 10.00. The highest BCUT2D eigenvalue weighted by molar-refractivity contribution is 7.92. The summed E-state index contributed by atoms with van der Waals surface area (Å²) in [5.74, 6) is 0.0270. The molecule has 1 amide bonds. The minimum atomic E-state index is -3.87. The first-order chi connectivity index (χ1) is 14.4. The van der Waals surface area contributed by atoms with Crippen LogP contribution >= 0.6 is 0 Å². The van der Waals surface area contributed by atoms with Gasteiger partial charge in [0.1, 0.15) is 6.54 Å². The maximum absolute atomic E-state index is 13.3. The Bertz CT molecular complexity index is 981. The molecule has 160 valence electrons. The van der Waals surface area contributed by atoms with E-state index in [4.69, 9.17) is 0 Å². The van der Waals surface area contributed by atoms with Crippen molar-refractivity contribution in [2.45, 2.75) is 50.3 Å². The molecule has 30 heavy (non-hydrogen) atoms. The van der Waals surface area contributed by atoms with Crippen LogP contribution in [0.1, 0.15) is 51.0 Å². The van der Waals surface area contributed by atoms with Crippen molar-refractivity contribution in [1.29, 1.82) is 0 Å². The van der Waals surface area contributed by atoms with E-state index in [0.717, 1.165) is 24.8 Å². The highest BCUT2D eigenvalue weighted by Gasteiger charge is 2.27. The first kappa shape index (κ1) is 22.1. The number of carbonyl (C=O) groups excluding carboxylic acids is 1. The molecule has 0 atom stereocenters. The number of carbonyl (C=O) groups is 1. The molecule has 6 heteroatoms. The number of nitrogens with one attached hydrogen (secondary N) is 1. The van der Waals surface area contributed by atoms with Gasteiger partial charge in [-0.15, -0.1) is 0 Å². The summed E-state index contributed by atoms with van der Waals surface area (Å²) in [6, 6.07) is 15.6. The van der Waals surface area contributed by atoms with Gasteiger partial charge in [0.05, 0.1) is 10.6 Å². The summed E-state index contributed by atoms with van der Waals surface area (Å²) in [5, 5.41) is 2.89. The van der Waals surface area contributed by atoms with Crippen LogP contribution in [0, 0.1) is 0 Å². The summed E-state index contributed by atoms with van der Waals surface area (Å²) in [4.78, 5) is 12.8. The normalized spacial score (nSPS) is 14.3. The molecular formula is C24H30N2O3S. The Kier molecular flexibility index (Phi) is 7.32. The average Bonchev–Trinajstić information content (AvgIpc) is 2.77. The second kappa shape index (κ2) is 9.94. The molecule has 0 radical (unpaired) electrons. The molecule has 5 nitrogen and oxygen atoms in total. The van der Waals surface area contributed by atoms with Crippen LogP contribution in [0.4, 0.5) is 5.69 Å². The number of hydrogen-bond donors (Lipinski definition) is 1. The van der Waals surface area contributed by atoms with Crippen molar-refractivity contribution in [2.75, 3.05) is 17.4 Å². The molecule has 0 saturated heterocycles. The SMILES string of the molecule is CC(C)c1ccc(N(CC(=O)NCC2=CCCCC2)S(=O)(=O)c2ccccc2)cc1. The van der Waals surface area contributed by atoms with Crippen molar-refractivity contribution < 1.29 is 13.2 Å². The summed E-state index contributed by atoms with van der Waals surface area (Å²) in [6.07, 6.45) is 6.53. The lowest BCUT2D eigenvalue weighted by Crippen LogP contribution is -2.41. The van der Waals surface area contributed by atoms with Crippen molar-refractivity contribution in [3.05, 3.63) is 71.8 Å². The molecular weight excluding hydrogens is 396 g/mol. The fourth-order valence-corrected chi connectivity index (χ4v) is 4.97. The lowest BCUT2D eigenvalue weighted by molar-refractivity contribution is -0.119. The Morgan fingerprint density at radius 3 is 2.33 bits per heavy atom. The van der Waals surface area contributed by atoms with Gasteiger partial charge in [0.25, 0.3) is 10.0 Å². The number of rotatable bonds is 8. The third-order valence-electron chi connectivity index (χ3n) is 5.36. The van der Waals surface area contributed by atoms with Crippen molar-refractivity contribution in [3.8, 4) is 0 Å². The molecule has 0 aromatic heterocycles. The number of hydrogen-bond acceptors (Lipinski definition) is 3. The first-order valence-corrected chi connectivity index (χ1v) is 11.9. The van der Waals surface area contributed by atoms with Gasteiger partial charge in [-0.2, -0.15) is 0 Å². The number of sulfonamides is 1. The zero-order valence-corrected chi connectivity index (χ0v) is 18.5. The molecule has 2 aromatic carbocycles. The molecule has 0 bridgehead atoms. The van der Waals surface area contributed by atoms with Gasteiger partial charge in [-0.3, -0.25) is 9.10 Å². The van der Waals surface area contributed by atoms with Crippen LogP contribution in [0.25, 0.3) is 0 Å². The summed E-state index contributed by atoms with van der Waals surface area (Å²) in [6.45, 7) is 4.39. The van der Waals surface area contributed by atoms with Gasteiger partial charge in [0.2, 0.25) is 5.91 Å². The smallest absolute Gasteiger partial charge is 0.264 e. The quantitative estimate of drug-likeness (QED) is 0.626. The molecule has 0 unspecified atom stereocenters. The Morgan fingerprint density at radius 2 is 1.73 bits per heavy atom. The fourth-order valence-electron chi connectivity index (χ4n) is 3.52. The highest BCUT2D eigenvalue weighted by atomic mass is 32.2. The van der Waals surface area contributed by atoms with Crippen molar-refractivity contribution in [3.63, 3.8) is 0 Å². The number of benzene rings is 2. The van der Waals surface area contributed by atoms with Crippen LogP contribution in [0.15, 0.2) is 71.1 Å². The average molecular weight is 427 g/mol. The highest BCUT2D eigenvalue weighted by Crippen LogP contribution is 2.26. The summed E-state index contributed by atoms with van der Waals surface area (Å²) in [5.41, 5.74) is 2.81. The molecule has 0 aliphatic heterocycles. The van der Waals surface area contributed by atoms with Gasteiger partial charge in [-0.1, -0.05) is 55.8 Å². The number of anilines is 1. The van der Waals surface area contributed by atoms with Gasteiger partial charge < -0.3 is 5.32 Å². The maximum Gasteiger partial charge on any atom is 0.264 e. The minimum Gasteiger partial charge on any atom is -0.351 e. The predicted octanol–water partition coefficient (Wildman–Crippen LogP) is 4.62. The summed E-state index contributed by atoms with van der Waals surface area (Å²) < 4.78 is 27.8. The van der Waals surface area contributed by atoms with E-state index >= 15 is 0 Å². The second-order valence-electron chi connectivity index (χ2n) is 7.96. The van der Waals surface area contributed by atoms with Gasteiger partial charge in [0.15, 0.2) is 0 Å². The lowest BCUT2D eigenvalue weighted by Gasteiger charge is -2.25. The number of amides is 1. The Morgan fingerprint density at radius 1 is 1.03 bits per heavy atom. The van der Waals surface area contributed by atoms with Crippen molar-refractivity contribution >= 4 is 21.6 Å². The van der Waals surface area contributed by atoms with Crippen LogP contribution in [0.3, 0.4) is 0 Å². The largest absolute Gasteiger partial charge is 0.351 e. The van der Waals surface area contributed by atoms with Gasteiger partial charge in [-0.05, 0) is 61.4 Å². The topological polar surface area (TPSA) is 66.5 Å². The molecule has 3 rings (SSSR count). The number of nitrogens with zero attached hydrogens (tertiary/aromatic N) is 1. The third-order valence-corrected chi connectivity index (χ3v) is 7.15. The molecule has 0 saturated carbocycles. The molecule has 1 aliphatic rings. The predicted molar refractivity (Wildman–Crippen MR) is 121 cm³/mol. The third kappa shape index (κ3) is 5.51. The second-order valence-corrected chi connectivity index (χ2v) is 9.82. The van der Waals surface area contributed by atoms with E-state index in [2.05, 4.69) is 25.2 Å². The van der Waals surface area contributed by atoms with E-state index in [9.17, 15) is 13.2 Å². The monoisotopic (exact) mass is 426 g/mol. The van der Waals surface area contributed by atoms with E-state index in [0.29, 0.717) is 18.2 Å². The zero-order chi connectivity index (χ0) is 21.6. The minimum absolute atomic E-state index is 0.167. The molecule has 2 aromatic rings. The Labute approximate surface area is 179 Å². The van der Waals surface area contributed by atoms with E-state index < -0.39 is 10.0 Å². The molecule has 1 aliphatic carbocycles. The van der Waals surface area contributed by atoms with E-state index in [-0.39, 0.29) is 17.3 Å². The summed E-state index contributed by atoms with van der Waals surface area (Å²) >= 11 is 0. The fraction of sp³-hybridized carbons (Fsp3) is 0.375. The van der Waals surface area contributed by atoms with Gasteiger partial charge in [0, 0.05) is 6.54 Å². The Hall–Kier alpha value is -2.60. The maximum atomic E-state index is 13.3. The van der Waals surface area contributed by atoms with Crippen LogP contribution < -0.4 is 9.62 Å². The molecule has 0 fully saturated rings. The number of allylic oxidation sites excluding steroid dienone is 1. The molecule has 0 heterocycles. The van der Waals surface area contributed by atoms with E-state index in [1.807, 2.05) is 12.1 Å². The molecule has 0 spiro atoms. The van der Waals surface area contributed by atoms with Crippen LogP contribution in [0.2, 0.25) is 0 Å². The van der Waals surface area contributed by atoms with Crippen LogP contribution in [0.5, 0.6) is 0 Å². The van der Waals surface area contributed by atoms with Gasteiger partial charge >= 0.3 is 0 Å². The summed E-state index contributed by atoms with van der Waals surface area (Å²) in [7, 11) is -3.87. The van der Waals surface area contributed by atoms with Crippen molar-refractivity contribution in [2.24, 2.45) is 0 Å². The van der Waals surface area contributed by atoms with Crippen LogP contribution in [-0.4, -0.2) is 27.4 Å². The van der Waals surface area contributed by atoms with E-state index in [1.54, 1.807) is 42.5 Å². The van der Waals surface area contributed by atoms with Gasteiger partial charge in [-0.25, -0.2) is 8.42 Å². The molecule has 1 N–H and O–H groups in total. The first-order valence-electron chi connectivity index (χ1n) is 10.5. The Balaban J connectivity index is 1.83. The van der Waals surface area contributed by atoms with Crippen LogP contribution in [-0.2, 0) is 14.8 Å². The standard InChI is InChI=1S/C24H30N2O3S/c1-19(2)21-13-15-22(16-14-21)26(30(28,29)23-11-7-4-8-12-23)18-24(27)25-17-20-9-5-3-6-10-20/h4,7-9,11-16,19H,3,5-6,10,17-18H2,1-2H3,(H,25,27).